The second-order valence-corrected chi connectivity index (χ2v) is 7.20. The van der Waals surface area contributed by atoms with E-state index in [1.165, 1.54) is 19.3 Å². The van der Waals surface area contributed by atoms with E-state index in [9.17, 15) is 14.9 Å². The smallest absolute Gasteiger partial charge is 0.310 e. The summed E-state index contributed by atoms with van der Waals surface area (Å²) in [6.45, 7) is 0.0797. The number of hydrogen-bond donors (Lipinski definition) is 0. The van der Waals surface area contributed by atoms with Crippen LogP contribution < -0.4 is 9.47 Å². The van der Waals surface area contributed by atoms with Crippen LogP contribution in [0.15, 0.2) is 77.3 Å². The minimum absolute atomic E-state index is 0.0797. The second kappa shape index (κ2) is 9.84. The molecule has 152 valence electrons. The number of carbonyl (C=O) groups excluding carboxylic acids is 1. The van der Waals surface area contributed by atoms with Gasteiger partial charge < -0.3 is 9.47 Å². The van der Waals surface area contributed by atoms with Gasteiger partial charge in [-0.25, -0.2) is 0 Å². The quantitative estimate of drug-likeness (QED) is 0.180. The summed E-state index contributed by atoms with van der Waals surface area (Å²) in [6.07, 6.45) is 3.20. The predicted molar refractivity (Wildman–Crippen MR) is 118 cm³/mol. The van der Waals surface area contributed by atoms with Crippen LogP contribution in [-0.2, 0) is 6.61 Å². The van der Waals surface area contributed by atoms with Gasteiger partial charge in [0.1, 0.15) is 12.4 Å². The molecule has 30 heavy (non-hydrogen) atoms. The number of nitro groups is 1. The van der Waals surface area contributed by atoms with Gasteiger partial charge in [-0.15, -0.1) is 0 Å². The Balaban J connectivity index is 1.77. The summed E-state index contributed by atoms with van der Waals surface area (Å²) in [5.74, 6) is 0.650. The van der Waals surface area contributed by atoms with Crippen molar-refractivity contribution < 1.29 is 19.2 Å². The molecule has 0 aliphatic rings. The number of halogens is 1. The van der Waals surface area contributed by atoms with Crippen LogP contribution in [0.4, 0.5) is 5.69 Å². The molecule has 3 rings (SSSR count). The van der Waals surface area contributed by atoms with E-state index in [1.54, 1.807) is 42.5 Å². The third-order valence-electron chi connectivity index (χ3n) is 4.31. The zero-order valence-corrected chi connectivity index (χ0v) is 17.7. The number of nitrogens with zero attached hydrogens (tertiary/aromatic N) is 1. The van der Waals surface area contributed by atoms with Gasteiger partial charge in [0.25, 0.3) is 0 Å². The molecule has 0 amide bonds. The highest BCUT2D eigenvalue weighted by Gasteiger charge is 2.14. The largest absolute Gasteiger partial charge is 0.496 e. The Morgan fingerprint density at radius 3 is 2.50 bits per heavy atom. The summed E-state index contributed by atoms with van der Waals surface area (Å²) in [5, 5.41) is 11.2. The van der Waals surface area contributed by atoms with Crippen molar-refractivity contribution in [1.82, 2.24) is 0 Å². The molecule has 0 spiro atoms. The minimum Gasteiger partial charge on any atom is -0.496 e. The molecule has 0 atom stereocenters. The average molecular weight is 468 g/mol. The normalized spacial score (nSPS) is 10.7. The molecular weight excluding hydrogens is 450 g/mol. The Labute approximate surface area is 182 Å². The number of para-hydroxylation sites is 2. The molecule has 0 saturated carbocycles. The fourth-order valence-electron chi connectivity index (χ4n) is 2.78. The van der Waals surface area contributed by atoms with Gasteiger partial charge in [-0.3, -0.25) is 14.9 Å². The molecular formula is C23H18BrNO5. The van der Waals surface area contributed by atoms with Gasteiger partial charge in [0.2, 0.25) is 0 Å². The van der Waals surface area contributed by atoms with E-state index in [0.29, 0.717) is 16.9 Å². The van der Waals surface area contributed by atoms with Crippen LogP contribution in [0.1, 0.15) is 21.5 Å². The van der Waals surface area contributed by atoms with Gasteiger partial charge in [-0.05, 0) is 54.1 Å². The molecule has 0 saturated heterocycles. The lowest BCUT2D eigenvalue weighted by Crippen LogP contribution is -2.01. The van der Waals surface area contributed by atoms with Crippen molar-refractivity contribution in [2.75, 3.05) is 7.11 Å². The van der Waals surface area contributed by atoms with Crippen LogP contribution in [0, 0.1) is 10.1 Å². The van der Waals surface area contributed by atoms with Crippen LogP contribution in [0.3, 0.4) is 0 Å². The number of methoxy groups -OCH3 is 1. The zero-order valence-electron chi connectivity index (χ0n) is 16.1. The lowest BCUT2D eigenvalue weighted by Gasteiger charge is -2.11. The van der Waals surface area contributed by atoms with Crippen molar-refractivity contribution in [1.29, 1.82) is 0 Å². The molecule has 0 fully saturated rings. The predicted octanol–water partition coefficient (Wildman–Crippen LogP) is 5.84. The first kappa shape index (κ1) is 21.3. The van der Waals surface area contributed by atoms with Gasteiger partial charge >= 0.3 is 5.69 Å². The highest BCUT2D eigenvalue weighted by molar-refractivity contribution is 9.10. The van der Waals surface area contributed by atoms with E-state index in [2.05, 4.69) is 15.9 Å². The van der Waals surface area contributed by atoms with Gasteiger partial charge in [-0.2, -0.15) is 0 Å². The Hall–Kier alpha value is -3.45. The van der Waals surface area contributed by atoms with Gasteiger partial charge in [0.05, 0.1) is 12.0 Å². The molecule has 0 N–H and O–H groups in total. The van der Waals surface area contributed by atoms with Crippen molar-refractivity contribution in [3.8, 4) is 11.5 Å². The molecule has 0 unspecified atom stereocenters. The van der Waals surface area contributed by atoms with E-state index in [1.807, 2.05) is 24.3 Å². The maximum Gasteiger partial charge on any atom is 0.310 e. The lowest BCUT2D eigenvalue weighted by molar-refractivity contribution is -0.385. The van der Waals surface area contributed by atoms with E-state index < -0.39 is 4.92 Å². The Kier molecular flexibility index (Phi) is 6.98. The molecule has 6 nitrogen and oxygen atoms in total. The maximum atomic E-state index is 12.3. The van der Waals surface area contributed by atoms with E-state index in [-0.39, 0.29) is 23.8 Å². The molecule has 0 radical (unpaired) electrons. The number of rotatable bonds is 8. The lowest BCUT2D eigenvalue weighted by atomic mass is 10.1. The summed E-state index contributed by atoms with van der Waals surface area (Å²) in [4.78, 5) is 23.0. The molecule has 0 aliphatic heterocycles. The number of benzene rings is 3. The number of ether oxygens (including phenoxy) is 2. The SMILES string of the molecule is COc1ccc(/C=C/C(=O)c2ccc(Br)cc2)cc1COc1ccccc1[N+](=O)[O-]. The molecule has 3 aromatic rings. The fourth-order valence-corrected chi connectivity index (χ4v) is 3.05. The molecule has 7 heteroatoms. The third-order valence-corrected chi connectivity index (χ3v) is 4.83. The van der Waals surface area contributed by atoms with Crippen LogP contribution in [0.5, 0.6) is 11.5 Å². The molecule has 3 aromatic carbocycles. The van der Waals surface area contributed by atoms with Crippen molar-refractivity contribution in [2.45, 2.75) is 6.61 Å². The number of ketones is 1. The van der Waals surface area contributed by atoms with Crippen molar-refractivity contribution in [2.24, 2.45) is 0 Å². The first-order chi connectivity index (χ1) is 14.5. The van der Waals surface area contributed by atoms with Crippen LogP contribution in [0.2, 0.25) is 0 Å². The summed E-state index contributed by atoms with van der Waals surface area (Å²) < 4.78 is 11.9. The highest BCUT2D eigenvalue weighted by Crippen LogP contribution is 2.28. The number of carbonyl (C=O) groups is 1. The Morgan fingerprint density at radius 1 is 1.07 bits per heavy atom. The summed E-state index contributed by atoms with van der Waals surface area (Å²) >= 11 is 3.35. The zero-order chi connectivity index (χ0) is 21.5. The van der Waals surface area contributed by atoms with E-state index in [4.69, 9.17) is 9.47 Å². The van der Waals surface area contributed by atoms with Crippen molar-refractivity contribution >= 4 is 33.5 Å². The number of allylic oxidation sites excluding steroid dienone is 1. The fraction of sp³-hybridized carbons (Fsp3) is 0.0870. The summed E-state index contributed by atoms with van der Waals surface area (Å²) in [7, 11) is 1.54. The van der Waals surface area contributed by atoms with Crippen molar-refractivity contribution in [3.05, 3.63) is 104 Å². The van der Waals surface area contributed by atoms with Crippen LogP contribution in [-0.4, -0.2) is 17.8 Å². The van der Waals surface area contributed by atoms with Crippen LogP contribution in [0.25, 0.3) is 6.08 Å². The number of nitro benzene ring substituents is 1. The van der Waals surface area contributed by atoms with Crippen LogP contribution >= 0.6 is 15.9 Å². The number of hydrogen-bond acceptors (Lipinski definition) is 5. The Bertz CT molecular complexity index is 1090. The van der Waals surface area contributed by atoms with Gasteiger partial charge in [0, 0.05) is 21.7 Å². The Morgan fingerprint density at radius 2 is 1.80 bits per heavy atom. The van der Waals surface area contributed by atoms with E-state index in [0.717, 1.165) is 10.0 Å². The standard InChI is InChI=1S/C23H18BrNO5/c1-29-22-13-7-16(6-12-21(26)17-8-10-19(24)11-9-17)14-18(22)15-30-23-5-3-2-4-20(23)25(27)28/h2-14H,15H2,1H3/b12-6+. The average Bonchev–Trinajstić information content (AvgIpc) is 2.76. The maximum absolute atomic E-state index is 12.3. The summed E-state index contributed by atoms with van der Waals surface area (Å²) in [5.41, 5.74) is 1.96. The third kappa shape index (κ3) is 5.33. The van der Waals surface area contributed by atoms with E-state index >= 15 is 0 Å². The first-order valence-corrected chi connectivity index (χ1v) is 9.78. The topological polar surface area (TPSA) is 78.7 Å². The minimum atomic E-state index is -0.487. The molecule has 0 aliphatic carbocycles. The second-order valence-electron chi connectivity index (χ2n) is 6.29. The summed E-state index contributed by atoms with van der Waals surface area (Å²) in [6, 6.07) is 18.7. The van der Waals surface area contributed by atoms with Gasteiger partial charge in [-0.1, -0.05) is 40.2 Å². The van der Waals surface area contributed by atoms with Crippen molar-refractivity contribution in [3.63, 3.8) is 0 Å². The van der Waals surface area contributed by atoms with Gasteiger partial charge in [0.15, 0.2) is 11.5 Å². The highest BCUT2D eigenvalue weighted by atomic mass is 79.9. The first-order valence-electron chi connectivity index (χ1n) is 8.99. The molecule has 0 heterocycles. The monoisotopic (exact) mass is 467 g/mol. The molecule has 0 aromatic heterocycles. The molecule has 0 bridgehead atoms.